The monoisotopic (exact) mass is 466 g/mol. The second-order valence-corrected chi connectivity index (χ2v) is 10.4. The summed E-state index contributed by atoms with van der Waals surface area (Å²) < 4.78 is 49.4. The van der Waals surface area contributed by atoms with Gasteiger partial charge in [-0.25, -0.2) is 0 Å². The molecule has 168 valence electrons. The molecule has 2 heterocycles. The fourth-order valence-corrected chi connectivity index (χ4v) is 5.66. The summed E-state index contributed by atoms with van der Waals surface area (Å²) in [6, 6.07) is 15.7. The number of aliphatic hydroxyl groups is 1. The molecule has 2 aromatic rings. The molecule has 31 heavy (non-hydrogen) atoms. The topological polar surface area (TPSA) is 91.3 Å². The van der Waals surface area contributed by atoms with Crippen LogP contribution in [-0.4, -0.2) is 55.7 Å². The van der Waals surface area contributed by atoms with Crippen LogP contribution in [0.15, 0.2) is 59.5 Å². The highest BCUT2D eigenvalue weighted by Crippen LogP contribution is 2.38. The molecule has 0 radical (unpaired) electrons. The van der Waals surface area contributed by atoms with E-state index in [4.69, 9.17) is 18.4 Å². The lowest BCUT2D eigenvalue weighted by Gasteiger charge is -2.47. The van der Waals surface area contributed by atoms with Gasteiger partial charge in [-0.2, -0.15) is 8.42 Å². The maximum atomic E-state index is 13.0. The lowest BCUT2D eigenvalue weighted by atomic mass is 9.99. The lowest BCUT2D eigenvalue weighted by molar-refractivity contribution is -0.314. The van der Waals surface area contributed by atoms with E-state index >= 15 is 0 Å². The molecule has 2 aromatic carbocycles. The van der Waals surface area contributed by atoms with Gasteiger partial charge >= 0.3 is 0 Å². The Kier molecular flexibility index (Phi) is 7.02. The van der Waals surface area contributed by atoms with Gasteiger partial charge in [0.2, 0.25) is 0 Å². The first-order chi connectivity index (χ1) is 14.9. The number of thioether (sulfide) groups is 1. The summed E-state index contributed by atoms with van der Waals surface area (Å²) >= 11 is 1.38. The first kappa shape index (κ1) is 22.7. The average Bonchev–Trinajstić information content (AvgIpc) is 2.77. The zero-order chi connectivity index (χ0) is 22.0. The molecule has 0 bridgehead atoms. The van der Waals surface area contributed by atoms with Crippen LogP contribution in [0, 0.1) is 6.92 Å². The standard InChI is InChI=1S/C22H26O7S2/c1-3-30-22-18(23)20(29-31(24,25)16-11-9-14(2)10-12-16)19-17(27-22)13-26-21(28-19)15-7-5-4-6-8-15/h4-12,17-23H,3,13H2,1-2H3/t17-,18-,19-,20-,21?,22+/m1/s1. The van der Waals surface area contributed by atoms with Crippen LogP contribution in [0.5, 0.6) is 0 Å². The average molecular weight is 467 g/mol. The molecule has 2 saturated heterocycles. The van der Waals surface area contributed by atoms with Crippen molar-refractivity contribution in [3.05, 3.63) is 65.7 Å². The molecule has 2 aliphatic heterocycles. The van der Waals surface area contributed by atoms with Crippen LogP contribution in [0.2, 0.25) is 0 Å². The van der Waals surface area contributed by atoms with Crippen molar-refractivity contribution in [2.45, 2.75) is 54.9 Å². The summed E-state index contributed by atoms with van der Waals surface area (Å²) in [6.07, 6.45) is -4.42. The van der Waals surface area contributed by atoms with E-state index in [1.54, 1.807) is 12.1 Å². The Bertz CT molecular complexity index is 965. The van der Waals surface area contributed by atoms with Crippen LogP contribution < -0.4 is 0 Å². The minimum atomic E-state index is -4.13. The van der Waals surface area contributed by atoms with Crippen molar-refractivity contribution >= 4 is 21.9 Å². The van der Waals surface area contributed by atoms with Crippen LogP contribution in [-0.2, 0) is 28.5 Å². The highest BCUT2D eigenvalue weighted by molar-refractivity contribution is 7.99. The van der Waals surface area contributed by atoms with Crippen LogP contribution in [0.1, 0.15) is 24.3 Å². The van der Waals surface area contributed by atoms with Gasteiger partial charge in [0.1, 0.15) is 29.9 Å². The van der Waals surface area contributed by atoms with Crippen LogP contribution in [0.3, 0.4) is 0 Å². The van der Waals surface area contributed by atoms with E-state index < -0.39 is 46.3 Å². The minimum Gasteiger partial charge on any atom is -0.387 e. The summed E-state index contributed by atoms with van der Waals surface area (Å²) in [5.74, 6) is 0.685. The molecule has 9 heteroatoms. The fourth-order valence-electron chi connectivity index (χ4n) is 3.66. The first-order valence-electron chi connectivity index (χ1n) is 10.2. The lowest BCUT2D eigenvalue weighted by Crippen LogP contribution is -2.62. The molecule has 1 N–H and O–H groups in total. The normalized spacial score (nSPS) is 31.2. The minimum absolute atomic E-state index is 0.0275. The Hall–Kier alpha value is -1.46. The number of benzene rings is 2. The van der Waals surface area contributed by atoms with Gasteiger partial charge in [-0.05, 0) is 24.8 Å². The highest BCUT2D eigenvalue weighted by atomic mass is 32.2. The van der Waals surface area contributed by atoms with Crippen molar-refractivity contribution in [3.63, 3.8) is 0 Å². The predicted octanol–water partition coefficient (Wildman–Crippen LogP) is 3.02. The summed E-state index contributed by atoms with van der Waals surface area (Å²) in [4.78, 5) is 0.0275. The molecule has 2 fully saturated rings. The third-order valence-electron chi connectivity index (χ3n) is 5.26. The number of hydrogen-bond acceptors (Lipinski definition) is 8. The number of hydrogen-bond donors (Lipinski definition) is 1. The van der Waals surface area contributed by atoms with Crippen molar-refractivity contribution in [3.8, 4) is 0 Å². The molecule has 1 unspecified atom stereocenters. The summed E-state index contributed by atoms with van der Waals surface area (Å²) in [5, 5.41) is 11.0. The molecule has 0 amide bonds. The molecule has 6 atom stereocenters. The van der Waals surface area contributed by atoms with Gasteiger partial charge in [-0.15, -0.1) is 11.8 Å². The molecular formula is C22H26O7S2. The maximum Gasteiger partial charge on any atom is 0.297 e. The Labute approximate surface area is 186 Å². The van der Waals surface area contributed by atoms with Gasteiger partial charge in [0, 0.05) is 5.56 Å². The third-order valence-corrected chi connectivity index (χ3v) is 7.63. The van der Waals surface area contributed by atoms with Crippen molar-refractivity contribution in [1.29, 1.82) is 0 Å². The van der Waals surface area contributed by atoms with Crippen molar-refractivity contribution < 1.29 is 31.9 Å². The Morgan fingerprint density at radius 2 is 1.81 bits per heavy atom. The highest BCUT2D eigenvalue weighted by Gasteiger charge is 2.51. The SMILES string of the molecule is CCS[C@@H]1O[C@@H]2COC(c3ccccc3)O[C@H]2[C@H](OS(=O)(=O)c2ccc(C)cc2)[C@H]1O. The maximum absolute atomic E-state index is 13.0. The smallest absolute Gasteiger partial charge is 0.297 e. The third kappa shape index (κ3) is 4.98. The quantitative estimate of drug-likeness (QED) is 0.650. The molecule has 0 saturated carbocycles. The zero-order valence-corrected chi connectivity index (χ0v) is 18.9. The molecule has 0 aromatic heterocycles. The second-order valence-electron chi connectivity index (χ2n) is 7.49. The largest absolute Gasteiger partial charge is 0.387 e. The van der Waals surface area contributed by atoms with Gasteiger partial charge in [-0.3, -0.25) is 4.18 Å². The number of aliphatic hydroxyl groups excluding tert-OH is 1. The van der Waals surface area contributed by atoms with E-state index in [-0.39, 0.29) is 11.5 Å². The van der Waals surface area contributed by atoms with E-state index in [0.29, 0.717) is 5.75 Å². The Morgan fingerprint density at radius 1 is 1.10 bits per heavy atom. The van der Waals surface area contributed by atoms with Crippen molar-refractivity contribution in [2.24, 2.45) is 0 Å². The van der Waals surface area contributed by atoms with E-state index in [1.165, 1.54) is 23.9 Å². The Balaban J connectivity index is 1.61. The van der Waals surface area contributed by atoms with Gasteiger partial charge in [0.25, 0.3) is 10.1 Å². The Morgan fingerprint density at radius 3 is 2.48 bits per heavy atom. The number of fused-ring (bicyclic) bond motifs is 1. The van der Waals surface area contributed by atoms with Crippen LogP contribution in [0.4, 0.5) is 0 Å². The van der Waals surface area contributed by atoms with Crippen LogP contribution in [0.25, 0.3) is 0 Å². The summed E-state index contributed by atoms with van der Waals surface area (Å²) in [6.45, 7) is 4.00. The van der Waals surface area contributed by atoms with E-state index in [9.17, 15) is 13.5 Å². The van der Waals surface area contributed by atoms with Gasteiger partial charge in [-0.1, -0.05) is 55.0 Å². The fraction of sp³-hybridized carbons (Fsp3) is 0.455. The van der Waals surface area contributed by atoms with Crippen molar-refractivity contribution in [1.82, 2.24) is 0 Å². The van der Waals surface area contributed by atoms with Crippen LogP contribution >= 0.6 is 11.8 Å². The molecule has 0 spiro atoms. The van der Waals surface area contributed by atoms with E-state index in [2.05, 4.69) is 0 Å². The van der Waals surface area contributed by atoms with E-state index in [1.807, 2.05) is 44.2 Å². The molecular weight excluding hydrogens is 440 g/mol. The van der Waals surface area contributed by atoms with Crippen molar-refractivity contribution in [2.75, 3.05) is 12.4 Å². The molecule has 4 rings (SSSR count). The number of rotatable bonds is 6. The second kappa shape index (κ2) is 9.58. The van der Waals surface area contributed by atoms with Gasteiger partial charge in [0.05, 0.1) is 11.5 Å². The molecule has 2 aliphatic rings. The summed E-state index contributed by atoms with van der Waals surface area (Å²) in [7, 11) is -4.13. The zero-order valence-electron chi connectivity index (χ0n) is 17.3. The van der Waals surface area contributed by atoms with E-state index in [0.717, 1.165) is 11.1 Å². The predicted molar refractivity (Wildman–Crippen MR) is 116 cm³/mol. The number of ether oxygens (including phenoxy) is 3. The molecule has 7 nitrogen and oxygen atoms in total. The number of aryl methyl sites for hydroxylation is 1. The van der Waals surface area contributed by atoms with Gasteiger partial charge < -0.3 is 19.3 Å². The first-order valence-corrected chi connectivity index (χ1v) is 12.6. The summed E-state index contributed by atoms with van der Waals surface area (Å²) in [5.41, 5.74) is 1.08. The van der Waals surface area contributed by atoms with Gasteiger partial charge in [0.15, 0.2) is 6.29 Å². The molecule has 0 aliphatic carbocycles.